The molecule has 5 nitrogen and oxygen atoms in total. The molecule has 0 bridgehead atoms. The van der Waals surface area contributed by atoms with Gasteiger partial charge in [0.25, 0.3) is 0 Å². The first kappa shape index (κ1) is 17.8. The first-order valence-corrected chi connectivity index (χ1v) is 10.3. The largest absolute Gasteiger partial charge is 0.300 e. The first-order valence-electron chi connectivity index (χ1n) is 7.57. The summed E-state index contributed by atoms with van der Waals surface area (Å²) in [6.45, 7) is 0. The number of carbonyl (C=O) groups is 2. The lowest BCUT2D eigenvalue weighted by Gasteiger charge is -2.00. The molecule has 3 rings (SSSR count). The van der Waals surface area contributed by atoms with E-state index in [4.69, 9.17) is 0 Å². The number of thiophene rings is 1. The summed E-state index contributed by atoms with van der Waals surface area (Å²) in [4.78, 5) is 24.5. The zero-order valence-corrected chi connectivity index (χ0v) is 15.6. The zero-order chi connectivity index (χ0) is 17.5. The summed E-state index contributed by atoms with van der Waals surface area (Å²) >= 11 is 4.31. The molecule has 0 aliphatic rings. The lowest BCUT2D eigenvalue weighted by atomic mass is 10.2. The first-order chi connectivity index (χ1) is 12.2. The van der Waals surface area contributed by atoms with Crippen molar-refractivity contribution in [3.63, 3.8) is 0 Å². The smallest absolute Gasteiger partial charge is 0.226 e. The molecule has 1 amide bonds. The van der Waals surface area contributed by atoms with Crippen molar-refractivity contribution in [2.24, 2.45) is 0 Å². The lowest BCUT2D eigenvalue weighted by molar-refractivity contribution is -0.116. The van der Waals surface area contributed by atoms with E-state index in [1.54, 1.807) is 17.8 Å². The van der Waals surface area contributed by atoms with E-state index in [2.05, 4.69) is 27.6 Å². The molecule has 25 heavy (non-hydrogen) atoms. The minimum Gasteiger partial charge on any atom is -0.300 e. The average Bonchev–Trinajstić information content (AvgIpc) is 3.31. The van der Waals surface area contributed by atoms with Gasteiger partial charge < -0.3 is 5.32 Å². The summed E-state index contributed by atoms with van der Waals surface area (Å²) < 4.78 is 0.800. The number of hydrogen-bond donors (Lipinski definition) is 1. The Hall–Kier alpha value is -2.03. The Morgan fingerprint density at radius 2 is 1.88 bits per heavy atom. The third kappa shape index (κ3) is 5.48. The highest BCUT2D eigenvalue weighted by atomic mass is 32.2. The summed E-state index contributed by atoms with van der Waals surface area (Å²) in [5.41, 5.74) is 1.21. The number of nitrogens with zero attached hydrogens (tertiary/aromatic N) is 2. The van der Waals surface area contributed by atoms with Crippen molar-refractivity contribution in [2.45, 2.75) is 22.9 Å². The van der Waals surface area contributed by atoms with Crippen LogP contribution >= 0.6 is 34.4 Å². The van der Waals surface area contributed by atoms with Crippen LogP contribution in [0.15, 0.2) is 52.2 Å². The number of rotatable bonds is 8. The topological polar surface area (TPSA) is 72.0 Å². The fraction of sp³-hybridized carbons (Fsp3) is 0.176. The number of aromatic nitrogens is 2. The summed E-state index contributed by atoms with van der Waals surface area (Å²) in [7, 11) is 0. The molecule has 0 saturated heterocycles. The number of thioether (sulfide) groups is 1. The van der Waals surface area contributed by atoms with E-state index in [-0.39, 0.29) is 24.5 Å². The fourth-order valence-corrected chi connectivity index (χ4v) is 4.43. The van der Waals surface area contributed by atoms with E-state index in [1.807, 2.05) is 29.6 Å². The third-order valence-electron chi connectivity index (χ3n) is 3.23. The molecule has 0 aliphatic carbocycles. The van der Waals surface area contributed by atoms with Gasteiger partial charge >= 0.3 is 0 Å². The number of ketones is 1. The molecule has 0 aliphatic heterocycles. The molecule has 128 valence electrons. The van der Waals surface area contributed by atoms with Crippen LogP contribution in [0.1, 0.15) is 28.1 Å². The van der Waals surface area contributed by atoms with Gasteiger partial charge in [-0.05, 0) is 17.0 Å². The van der Waals surface area contributed by atoms with Gasteiger partial charge in [0.1, 0.15) is 0 Å². The highest BCUT2D eigenvalue weighted by Crippen LogP contribution is 2.28. The number of amides is 1. The highest BCUT2D eigenvalue weighted by Gasteiger charge is 2.12. The zero-order valence-electron chi connectivity index (χ0n) is 13.2. The van der Waals surface area contributed by atoms with E-state index < -0.39 is 0 Å². The van der Waals surface area contributed by atoms with Crippen LogP contribution in [0.2, 0.25) is 0 Å². The van der Waals surface area contributed by atoms with E-state index in [9.17, 15) is 9.59 Å². The molecular weight excluding hydrogens is 374 g/mol. The average molecular weight is 390 g/mol. The molecule has 0 spiro atoms. The summed E-state index contributed by atoms with van der Waals surface area (Å²) in [5.74, 6) is 0.570. The number of nitrogens with one attached hydrogen (secondary N) is 1. The van der Waals surface area contributed by atoms with E-state index in [0.717, 1.165) is 10.1 Å². The number of benzene rings is 1. The Bertz CT molecular complexity index is 832. The Kier molecular flexibility index (Phi) is 6.32. The minimum absolute atomic E-state index is 0.0125. The molecule has 2 aromatic heterocycles. The number of Topliss-reactive ketones (excluding diaryl/α,β-unsaturated/α-hetero) is 1. The van der Waals surface area contributed by atoms with Gasteiger partial charge in [0.05, 0.1) is 4.88 Å². The molecule has 2 heterocycles. The van der Waals surface area contributed by atoms with Crippen LogP contribution in [-0.2, 0) is 10.5 Å². The minimum atomic E-state index is -0.222. The molecule has 0 fully saturated rings. The molecular formula is C17H15N3O2S3. The second-order valence-electron chi connectivity index (χ2n) is 5.10. The van der Waals surface area contributed by atoms with Crippen molar-refractivity contribution in [1.82, 2.24) is 10.2 Å². The Balaban J connectivity index is 1.44. The Morgan fingerprint density at radius 1 is 1.04 bits per heavy atom. The van der Waals surface area contributed by atoms with Gasteiger partial charge in [-0.1, -0.05) is 59.5 Å². The summed E-state index contributed by atoms with van der Waals surface area (Å²) in [6.07, 6.45) is 0.337. The SMILES string of the molecule is O=C(CCC(=O)c1cccs1)Nc1nnc(SCc2ccccc2)s1. The van der Waals surface area contributed by atoms with E-state index in [0.29, 0.717) is 10.0 Å². The normalized spacial score (nSPS) is 10.6. The van der Waals surface area contributed by atoms with Crippen molar-refractivity contribution in [2.75, 3.05) is 5.32 Å². The molecule has 0 atom stereocenters. The monoisotopic (exact) mass is 389 g/mol. The van der Waals surface area contributed by atoms with Gasteiger partial charge in [-0.2, -0.15) is 0 Å². The number of hydrogen-bond acceptors (Lipinski definition) is 7. The van der Waals surface area contributed by atoms with Crippen LogP contribution in [0.3, 0.4) is 0 Å². The van der Waals surface area contributed by atoms with Crippen molar-refractivity contribution in [1.29, 1.82) is 0 Å². The van der Waals surface area contributed by atoms with Crippen molar-refractivity contribution in [3.05, 3.63) is 58.3 Å². The van der Waals surface area contributed by atoms with Crippen LogP contribution in [0.25, 0.3) is 0 Å². The van der Waals surface area contributed by atoms with E-state index >= 15 is 0 Å². The standard InChI is InChI=1S/C17H15N3O2S3/c21-13(14-7-4-10-23-14)8-9-15(22)18-16-19-20-17(25-16)24-11-12-5-2-1-3-6-12/h1-7,10H,8-9,11H2,(H,18,19,22). The maximum absolute atomic E-state index is 11.9. The Morgan fingerprint density at radius 3 is 2.64 bits per heavy atom. The molecule has 8 heteroatoms. The highest BCUT2D eigenvalue weighted by molar-refractivity contribution is 8.00. The van der Waals surface area contributed by atoms with Crippen molar-refractivity contribution in [3.8, 4) is 0 Å². The van der Waals surface area contributed by atoms with Crippen molar-refractivity contribution < 1.29 is 9.59 Å². The van der Waals surface area contributed by atoms with Crippen molar-refractivity contribution >= 4 is 51.3 Å². The summed E-state index contributed by atoms with van der Waals surface area (Å²) in [5, 5.41) is 13.1. The quantitative estimate of drug-likeness (QED) is 0.349. The molecule has 0 unspecified atom stereocenters. The molecule has 1 N–H and O–H groups in total. The van der Waals surface area contributed by atoms with Crippen LogP contribution in [0.4, 0.5) is 5.13 Å². The molecule has 3 aromatic rings. The van der Waals surface area contributed by atoms with E-state index in [1.165, 1.54) is 28.2 Å². The maximum atomic E-state index is 11.9. The van der Waals surface area contributed by atoms with Gasteiger partial charge in [-0.3, -0.25) is 9.59 Å². The van der Waals surface area contributed by atoms with Gasteiger partial charge in [0.15, 0.2) is 10.1 Å². The lowest BCUT2D eigenvalue weighted by Crippen LogP contribution is -2.13. The van der Waals surface area contributed by atoms with Gasteiger partial charge in [0, 0.05) is 18.6 Å². The fourth-order valence-electron chi connectivity index (χ4n) is 2.01. The van der Waals surface area contributed by atoms with Crippen LogP contribution < -0.4 is 5.32 Å². The second kappa shape index (κ2) is 8.89. The Labute approximate surface area is 157 Å². The van der Waals surface area contributed by atoms with Gasteiger partial charge in [-0.15, -0.1) is 21.5 Å². The molecule has 0 radical (unpaired) electrons. The number of carbonyl (C=O) groups excluding carboxylic acids is 2. The second-order valence-corrected chi connectivity index (χ2v) is 8.24. The van der Waals surface area contributed by atoms with Gasteiger partial charge in [-0.25, -0.2) is 0 Å². The number of anilines is 1. The van der Waals surface area contributed by atoms with Gasteiger partial charge in [0.2, 0.25) is 11.0 Å². The predicted octanol–water partition coefficient (Wildman–Crippen LogP) is 4.49. The maximum Gasteiger partial charge on any atom is 0.226 e. The van der Waals surface area contributed by atoms with Crippen LogP contribution in [0, 0.1) is 0 Å². The predicted molar refractivity (Wildman–Crippen MR) is 102 cm³/mol. The van der Waals surface area contributed by atoms with Crippen LogP contribution in [0.5, 0.6) is 0 Å². The van der Waals surface area contributed by atoms with Crippen LogP contribution in [-0.4, -0.2) is 21.9 Å². The molecule has 1 aromatic carbocycles. The molecule has 0 saturated carbocycles. The summed E-state index contributed by atoms with van der Waals surface area (Å²) in [6, 6.07) is 13.7. The third-order valence-corrected chi connectivity index (χ3v) is 6.19.